The van der Waals surface area contributed by atoms with Gasteiger partial charge in [-0.1, -0.05) is 30.3 Å². The van der Waals surface area contributed by atoms with Gasteiger partial charge in [-0.25, -0.2) is 17.9 Å². The highest BCUT2D eigenvalue weighted by atomic mass is 32.2. The first-order valence-corrected chi connectivity index (χ1v) is 7.30. The molecule has 0 saturated carbocycles. The van der Waals surface area contributed by atoms with Gasteiger partial charge in [-0.3, -0.25) is 0 Å². The molecule has 5 nitrogen and oxygen atoms in total. The van der Waals surface area contributed by atoms with Crippen LogP contribution in [0.1, 0.15) is 10.4 Å². The van der Waals surface area contributed by atoms with Crippen molar-refractivity contribution in [2.45, 2.75) is 4.90 Å². The predicted octanol–water partition coefficient (Wildman–Crippen LogP) is 1.96. The first-order valence-electron chi connectivity index (χ1n) is 5.82. The van der Waals surface area contributed by atoms with Crippen LogP contribution >= 0.6 is 0 Å². The summed E-state index contributed by atoms with van der Waals surface area (Å²) in [6.07, 6.45) is 0. The van der Waals surface area contributed by atoms with Crippen LogP contribution in [0.15, 0.2) is 53.4 Å². The maximum Gasteiger partial charge on any atom is 0.336 e. The van der Waals surface area contributed by atoms with Crippen LogP contribution in [0.25, 0.3) is 11.1 Å². The van der Waals surface area contributed by atoms with Crippen molar-refractivity contribution in [1.82, 2.24) is 4.72 Å². The molecular weight excluding hydrogens is 278 g/mol. The highest BCUT2D eigenvalue weighted by molar-refractivity contribution is 7.89. The van der Waals surface area contributed by atoms with Gasteiger partial charge >= 0.3 is 5.97 Å². The van der Waals surface area contributed by atoms with Gasteiger partial charge in [0, 0.05) is 0 Å². The Balaban J connectivity index is 2.49. The van der Waals surface area contributed by atoms with E-state index in [-0.39, 0.29) is 10.5 Å². The molecule has 0 heterocycles. The Kier molecular flexibility index (Phi) is 3.87. The van der Waals surface area contributed by atoms with E-state index in [2.05, 4.69) is 4.72 Å². The minimum atomic E-state index is -3.49. The van der Waals surface area contributed by atoms with Gasteiger partial charge in [-0.15, -0.1) is 0 Å². The van der Waals surface area contributed by atoms with Crippen molar-refractivity contribution in [3.63, 3.8) is 0 Å². The molecule has 0 amide bonds. The number of hydrogen-bond acceptors (Lipinski definition) is 3. The van der Waals surface area contributed by atoms with Crippen molar-refractivity contribution >= 4 is 16.0 Å². The average molecular weight is 291 g/mol. The number of rotatable bonds is 4. The van der Waals surface area contributed by atoms with Crippen molar-refractivity contribution < 1.29 is 18.3 Å². The summed E-state index contributed by atoms with van der Waals surface area (Å²) in [5.74, 6) is -1.02. The molecule has 2 aromatic carbocycles. The fourth-order valence-corrected chi connectivity index (χ4v) is 2.58. The minimum Gasteiger partial charge on any atom is -0.478 e. The van der Waals surface area contributed by atoms with E-state index in [0.29, 0.717) is 11.1 Å². The van der Waals surface area contributed by atoms with Crippen molar-refractivity contribution in [2.75, 3.05) is 7.05 Å². The second kappa shape index (κ2) is 5.44. The van der Waals surface area contributed by atoms with E-state index in [1.165, 1.54) is 25.2 Å². The zero-order valence-corrected chi connectivity index (χ0v) is 11.5. The Labute approximate surface area is 116 Å². The van der Waals surface area contributed by atoms with Crippen molar-refractivity contribution in [3.8, 4) is 11.1 Å². The largest absolute Gasteiger partial charge is 0.478 e. The second-order valence-electron chi connectivity index (χ2n) is 4.08. The van der Waals surface area contributed by atoms with Crippen LogP contribution in [-0.2, 0) is 10.0 Å². The van der Waals surface area contributed by atoms with Crippen LogP contribution in [0.2, 0.25) is 0 Å². The zero-order valence-electron chi connectivity index (χ0n) is 10.7. The molecule has 2 N–H and O–H groups in total. The van der Waals surface area contributed by atoms with Gasteiger partial charge in [-0.2, -0.15) is 0 Å². The Hall–Kier alpha value is -2.18. The molecule has 0 radical (unpaired) electrons. The smallest absolute Gasteiger partial charge is 0.336 e. The van der Waals surface area contributed by atoms with E-state index in [0.717, 1.165) is 0 Å². The van der Waals surface area contributed by atoms with Crippen LogP contribution in [0.5, 0.6) is 0 Å². The fourth-order valence-electron chi connectivity index (χ4n) is 1.85. The lowest BCUT2D eigenvalue weighted by molar-refractivity contribution is 0.0697. The first kappa shape index (κ1) is 14.2. The van der Waals surface area contributed by atoms with Gasteiger partial charge in [0.2, 0.25) is 10.0 Å². The van der Waals surface area contributed by atoms with Crippen LogP contribution in [0.4, 0.5) is 0 Å². The van der Waals surface area contributed by atoms with Gasteiger partial charge in [0.05, 0.1) is 10.5 Å². The Morgan fingerprint density at radius 3 is 2.20 bits per heavy atom. The summed E-state index contributed by atoms with van der Waals surface area (Å²) in [4.78, 5) is 11.3. The molecule has 0 spiro atoms. The number of sulfonamides is 1. The van der Waals surface area contributed by atoms with Gasteiger partial charge in [0.25, 0.3) is 0 Å². The fraction of sp³-hybridized carbons (Fsp3) is 0.0714. The van der Waals surface area contributed by atoms with Crippen LogP contribution in [0, 0.1) is 0 Å². The number of carboxylic acids is 1. The van der Waals surface area contributed by atoms with E-state index in [1.807, 2.05) is 0 Å². The average Bonchev–Trinajstić information content (AvgIpc) is 2.47. The lowest BCUT2D eigenvalue weighted by atomic mass is 10.00. The summed E-state index contributed by atoms with van der Waals surface area (Å²) in [5, 5.41) is 9.14. The molecule has 0 aliphatic heterocycles. The SMILES string of the molecule is CNS(=O)(=O)c1ccc(-c2ccccc2C(=O)O)cc1. The maximum atomic E-state index is 11.6. The van der Waals surface area contributed by atoms with Gasteiger partial charge in [0.15, 0.2) is 0 Å². The highest BCUT2D eigenvalue weighted by Crippen LogP contribution is 2.25. The predicted molar refractivity (Wildman–Crippen MR) is 75.1 cm³/mol. The third-order valence-electron chi connectivity index (χ3n) is 2.90. The molecule has 20 heavy (non-hydrogen) atoms. The molecule has 2 rings (SSSR count). The number of hydrogen-bond donors (Lipinski definition) is 2. The number of benzene rings is 2. The summed E-state index contributed by atoms with van der Waals surface area (Å²) in [6.45, 7) is 0. The van der Waals surface area contributed by atoms with E-state index < -0.39 is 16.0 Å². The molecule has 0 atom stereocenters. The van der Waals surface area contributed by atoms with Crippen LogP contribution < -0.4 is 4.72 Å². The van der Waals surface area contributed by atoms with E-state index in [4.69, 9.17) is 5.11 Å². The van der Waals surface area contributed by atoms with Crippen molar-refractivity contribution in [1.29, 1.82) is 0 Å². The van der Waals surface area contributed by atoms with Crippen LogP contribution in [-0.4, -0.2) is 26.5 Å². The Morgan fingerprint density at radius 2 is 1.65 bits per heavy atom. The van der Waals surface area contributed by atoms with Gasteiger partial charge < -0.3 is 5.11 Å². The quantitative estimate of drug-likeness (QED) is 0.902. The summed E-state index contributed by atoms with van der Waals surface area (Å²) in [6, 6.07) is 12.6. The van der Waals surface area contributed by atoms with Gasteiger partial charge in [0.1, 0.15) is 0 Å². The lowest BCUT2D eigenvalue weighted by Crippen LogP contribution is -2.18. The van der Waals surface area contributed by atoms with E-state index in [9.17, 15) is 13.2 Å². The zero-order chi connectivity index (χ0) is 14.8. The van der Waals surface area contributed by atoms with Crippen molar-refractivity contribution in [2.24, 2.45) is 0 Å². The standard InChI is InChI=1S/C14H13NO4S/c1-15-20(18,19)11-8-6-10(7-9-11)12-4-2-3-5-13(12)14(16)17/h2-9,15H,1H3,(H,16,17). The molecule has 0 saturated heterocycles. The summed E-state index contributed by atoms with van der Waals surface area (Å²) < 4.78 is 25.5. The molecule has 6 heteroatoms. The first-order chi connectivity index (χ1) is 9.45. The summed E-state index contributed by atoms with van der Waals surface area (Å²) in [5.41, 5.74) is 1.38. The topological polar surface area (TPSA) is 83.5 Å². The monoisotopic (exact) mass is 291 g/mol. The number of aromatic carboxylic acids is 1. The molecule has 104 valence electrons. The molecule has 2 aromatic rings. The molecule has 0 bridgehead atoms. The normalized spacial score (nSPS) is 11.2. The molecular formula is C14H13NO4S. The van der Waals surface area contributed by atoms with Crippen LogP contribution in [0.3, 0.4) is 0 Å². The lowest BCUT2D eigenvalue weighted by Gasteiger charge is -2.07. The Morgan fingerprint density at radius 1 is 1.05 bits per heavy atom. The number of nitrogens with one attached hydrogen (secondary N) is 1. The summed E-state index contributed by atoms with van der Waals surface area (Å²) >= 11 is 0. The van der Waals surface area contributed by atoms with Gasteiger partial charge in [-0.05, 0) is 36.4 Å². The number of carboxylic acid groups (broad SMARTS) is 1. The molecule has 0 unspecified atom stereocenters. The molecule has 0 aliphatic rings. The highest BCUT2D eigenvalue weighted by Gasteiger charge is 2.13. The molecule has 0 aromatic heterocycles. The van der Waals surface area contributed by atoms with E-state index in [1.54, 1.807) is 30.3 Å². The number of carbonyl (C=O) groups is 1. The third kappa shape index (κ3) is 2.71. The summed E-state index contributed by atoms with van der Waals surface area (Å²) in [7, 11) is -2.15. The molecule has 0 aliphatic carbocycles. The Bertz CT molecular complexity index is 736. The molecule has 0 fully saturated rings. The minimum absolute atomic E-state index is 0.136. The third-order valence-corrected chi connectivity index (χ3v) is 4.33. The second-order valence-corrected chi connectivity index (χ2v) is 5.97. The van der Waals surface area contributed by atoms with E-state index >= 15 is 0 Å². The van der Waals surface area contributed by atoms with Crippen molar-refractivity contribution in [3.05, 3.63) is 54.1 Å². The maximum absolute atomic E-state index is 11.6.